The summed E-state index contributed by atoms with van der Waals surface area (Å²) in [6.07, 6.45) is 0.672. The Morgan fingerprint density at radius 3 is 2.17 bits per heavy atom. The number of benzene rings is 3. The summed E-state index contributed by atoms with van der Waals surface area (Å²) in [6.45, 7) is 0. The van der Waals surface area contributed by atoms with Crippen molar-refractivity contribution in [3.05, 3.63) is 107 Å². The van der Waals surface area contributed by atoms with Crippen molar-refractivity contribution < 1.29 is 29.3 Å². The van der Waals surface area contributed by atoms with E-state index in [1.165, 1.54) is 24.1 Å². The Bertz CT molecular complexity index is 1260. The van der Waals surface area contributed by atoms with E-state index < -0.39 is 17.7 Å². The summed E-state index contributed by atoms with van der Waals surface area (Å²) in [5.41, 5.74) is 2.73. The number of aryl methyl sites for hydroxylation is 1. The van der Waals surface area contributed by atoms with Crippen molar-refractivity contribution >= 4 is 23.3 Å². The number of aromatic hydroxyl groups is 1. The molecule has 7 nitrogen and oxygen atoms in total. The second-order valence-electron chi connectivity index (χ2n) is 8.26. The molecule has 7 heteroatoms. The van der Waals surface area contributed by atoms with Gasteiger partial charge in [-0.25, -0.2) is 0 Å². The molecule has 1 unspecified atom stereocenters. The van der Waals surface area contributed by atoms with E-state index in [0.717, 1.165) is 5.56 Å². The summed E-state index contributed by atoms with van der Waals surface area (Å²) < 4.78 is 4.69. The van der Waals surface area contributed by atoms with Gasteiger partial charge in [0, 0.05) is 12.1 Å². The molecular formula is C28H25NO6. The molecule has 3 aromatic carbocycles. The van der Waals surface area contributed by atoms with E-state index in [1.54, 1.807) is 36.4 Å². The Labute approximate surface area is 202 Å². The topological polar surface area (TPSA) is 104 Å². The van der Waals surface area contributed by atoms with E-state index in [1.807, 2.05) is 30.3 Å². The highest BCUT2D eigenvalue weighted by Crippen LogP contribution is 2.41. The molecule has 1 amide bonds. The maximum Gasteiger partial charge on any atom is 0.309 e. The predicted molar refractivity (Wildman–Crippen MR) is 130 cm³/mol. The van der Waals surface area contributed by atoms with Crippen LogP contribution in [0.25, 0.3) is 0 Å². The van der Waals surface area contributed by atoms with E-state index in [2.05, 4.69) is 0 Å². The van der Waals surface area contributed by atoms with Gasteiger partial charge in [-0.1, -0.05) is 54.6 Å². The number of anilines is 1. The van der Waals surface area contributed by atoms with Gasteiger partial charge in [0.1, 0.15) is 5.75 Å². The molecule has 0 fully saturated rings. The first-order valence-corrected chi connectivity index (χ1v) is 11.2. The molecule has 0 aliphatic carbocycles. The average Bonchev–Trinajstić information content (AvgIpc) is 3.14. The third kappa shape index (κ3) is 5.09. The Balaban J connectivity index is 1.67. The quantitative estimate of drug-likeness (QED) is 0.477. The SMILES string of the molecule is COC(=O)Cc1ccc(N2C(=O)C(O)=C(C(=O)CCc3ccccc3)C2c2ccc(O)cc2)cc1. The Morgan fingerprint density at radius 1 is 0.886 bits per heavy atom. The molecule has 0 spiro atoms. The van der Waals surface area contributed by atoms with Crippen molar-refractivity contribution in [2.75, 3.05) is 12.0 Å². The second-order valence-corrected chi connectivity index (χ2v) is 8.26. The summed E-state index contributed by atoms with van der Waals surface area (Å²) >= 11 is 0. The van der Waals surface area contributed by atoms with Crippen LogP contribution in [0.2, 0.25) is 0 Å². The molecule has 35 heavy (non-hydrogen) atoms. The molecule has 2 N–H and O–H groups in total. The number of ketones is 1. The molecule has 3 aromatic rings. The van der Waals surface area contributed by atoms with Crippen molar-refractivity contribution in [2.24, 2.45) is 0 Å². The molecule has 0 saturated carbocycles. The standard InChI is InChI=1S/C28H25NO6/c1-35-24(32)17-19-7-12-21(13-8-19)29-26(20-10-14-22(30)15-11-20)25(27(33)28(29)34)23(31)16-9-18-5-3-2-4-6-18/h2-8,10-15,26,30,33H,9,16-17H2,1H3. The van der Waals surface area contributed by atoms with Gasteiger partial charge in [0.25, 0.3) is 5.91 Å². The minimum atomic E-state index is -0.863. The Kier molecular flexibility index (Phi) is 6.96. The van der Waals surface area contributed by atoms with E-state index in [-0.39, 0.29) is 35.9 Å². The van der Waals surface area contributed by atoms with Gasteiger partial charge in [0.15, 0.2) is 11.5 Å². The lowest BCUT2D eigenvalue weighted by Crippen LogP contribution is -2.31. The molecule has 1 aliphatic rings. The van der Waals surface area contributed by atoms with Crippen LogP contribution in [0.5, 0.6) is 5.75 Å². The maximum absolute atomic E-state index is 13.3. The summed E-state index contributed by atoms with van der Waals surface area (Å²) in [4.78, 5) is 39.5. The number of esters is 1. The molecule has 0 radical (unpaired) electrons. The van der Waals surface area contributed by atoms with Gasteiger partial charge < -0.3 is 14.9 Å². The van der Waals surface area contributed by atoms with E-state index >= 15 is 0 Å². The van der Waals surface area contributed by atoms with Crippen LogP contribution in [-0.2, 0) is 32.0 Å². The maximum atomic E-state index is 13.3. The molecular weight excluding hydrogens is 446 g/mol. The number of aliphatic hydroxyl groups excluding tert-OH is 1. The van der Waals surface area contributed by atoms with Crippen molar-refractivity contribution in [3.8, 4) is 5.75 Å². The van der Waals surface area contributed by atoms with Crippen LogP contribution in [0.4, 0.5) is 5.69 Å². The molecule has 1 aliphatic heterocycles. The predicted octanol–water partition coefficient (Wildman–Crippen LogP) is 4.21. The molecule has 1 heterocycles. The average molecular weight is 472 g/mol. The molecule has 0 bridgehead atoms. The minimum Gasteiger partial charge on any atom is -0.508 e. The normalized spacial score (nSPS) is 15.4. The van der Waals surface area contributed by atoms with Gasteiger partial charge >= 0.3 is 5.97 Å². The fourth-order valence-electron chi connectivity index (χ4n) is 4.18. The van der Waals surface area contributed by atoms with Gasteiger partial charge in [0.05, 0.1) is 25.1 Å². The zero-order valence-electron chi connectivity index (χ0n) is 19.2. The van der Waals surface area contributed by atoms with Crippen molar-refractivity contribution in [1.29, 1.82) is 0 Å². The van der Waals surface area contributed by atoms with Gasteiger partial charge in [0.2, 0.25) is 0 Å². The first kappa shape index (κ1) is 23.8. The number of Topliss-reactive ketones (excluding diaryl/α,β-unsaturated/α-hetero) is 1. The fourth-order valence-corrected chi connectivity index (χ4v) is 4.18. The number of ether oxygens (including phenoxy) is 1. The zero-order valence-corrected chi connectivity index (χ0v) is 19.2. The number of hydrogen-bond donors (Lipinski definition) is 2. The highest BCUT2D eigenvalue weighted by Gasteiger charge is 2.44. The van der Waals surface area contributed by atoms with Crippen molar-refractivity contribution in [1.82, 2.24) is 0 Å². The van der Waals surface area contributed by atoms with Crippen LogP contribution < -0.4 is 4.90 Å². The third-order valence-electron chi connectivity index (χ3n) is 5.99. The van der Waals surface area contributed by atoms with Gasteiger partial charge in [-0.3, -0.25) is 19.3 Å². The third-order valence-corrected chi connectivity index (χ3v) is 5.99. The van der Waals surface area contributed by atoms with Crippen molar-refractivity contribution in [2.45, 2.75) is 25.3 Å². The number of phenolic OH excluding ortho intramolecular Hbond substituents is 1. The zero-order chi connectivity index (χ0) is 24.9. The number of aliphatic hydroxyl groups is 1. The molecule has 0 aromatic heterocycles. The second kappa shape index (κ2) is 10.3. The fraction of sp³-hybridized carbons (Fsp3) is 0.179. The smallest absolute Gasteiger partial charge is 0.309 e. The minimum absolute atomic E-state index is 0.0234. The Morgan fingerprint density at radius 2 is 1.54 bits per heavy atom. The number of phenols is 1. The van der Waals surface area contributed by atoms with Crippen LogP contribution in [0, 0.1) is 0 Å². The van der Waals surface area contributed by atoms with Crippen LogP contribution in [0.3, 0.4) is 0 Å². The summed E-state index contributed by atoms with van der Waals surface area (Å²) in [6, 6.07) is 21.5. The van der Waals surface area contributed by atoms with Crippen LogP contribution >= 0.6 is 0 Å². The van der Waals surface area contributed by atoms with E-state index in [9.17, 15) is 24.6 Å². The van der Waals surface area contributed by atoms with Gasteiger partial charge in [-0.2, -0.15) is 0 Å². The number of methoxy groups -OCH3 is 1. The number of rotatable bonds is 8. The van der Waals surface area contributed by atoms with E-state index in [0.29, 0.717) is 23.2 Å². The number of hydrogen-bond acceptors (Lipinski definition) is 6. The number of nitrogens with zero attached hydrogens (tertiary/aromatic N) is 1. The Hall–Kier alpha value is -4.39. The number of carbonyl (C=O) groups excluding carboxylic acids is 3. The largest absolute Gasteiger partial charge is 0.508 e. The summed E-state index contributed by atoms with van der Waals surface area (Å²) in [5, 5.41) is 20.6. The first-order chi connectivity index (χ1) is 16.9. The van der Waals surface area contributed by atoms with Crippen molar-refractivity contribution in [3.63, 3.8) is 0 Å². The van der Waals surface area contributed by atoms with Crippen LogP contribution in [0.1, 0.15) is 29.2 Å². The summed E-state index contributed by atoms with van der Waals surface area (Å²) in [7, 11) is 1.31. The highest BCUT2D eigenvalue weighted by atomic mass is 16.5. The lowest BCUT2D eigenvalue weighted by Gasteiger charge is -2.27. The first-order valence-electron chi connectivity index (χ1n) is 11.2. The lowest BCUT2D eigenvalue weighted by atomic mass is 9.93. The molecule has 0 saturated heterocycles. The van der Waals surface area contributed by atoms with Crippen LogP contribution in [0.15, 0.2) is 90.2 Å². The summed E-state index contributed by atoms with van der Waals surface area (Å²) in [5.74, 6) is -1.95. The monoisotopic (exact) mass is 471 g/mol. The molecule has 178 valence electrons. The highest BCUT2D eigenvalue weighted by molar-refractivity contribution is 6.16. The number of amides is 1. The molecule has 1 atom stereocenters. The van der Waals surface area contributed by atoms with Gasteiger partial charge in [-0.05, 0) is 47.4 Å². The van der Waals surface area contributed by atoms with Crippen LogP contribution in [-0.4, -0.2) is 35.0 Å². The van der Waals surface area contributed by atoms with E-state index in [4.69, 9.17) is 4.74 Å². The lowest BCUT2D eigenvalue weighted by molar-refractivity contribution is -0.139. The van der Waals surface area contributed by atoms with Gasteiger partial charge in [-0.15, -0.1) is 0 Å². The molecule has 4 rings (SSSR count). The number of carbonyl (C=O) groups is 3.